The summed E-state index contributed by atoms with van der Waals surface area (Å²) in [6, 6.07) is 0. The number of guanidine groups is 1. The molecule has 0 atom stereocenters. The Kier molecular flexibility index (Phi) is 5.26. The zero-order valence-corrected chi connectivity index (χ0v) is 11.5. The van der Waals surface area contributed by atoms with Crippen molar-refractivity contribution >= 4 is 5.96 Å². The van der Waals surface area contributed by atoms with E-state index in [1.165, 1.54) is 25.9 Å². The summed E-state index contributed by atoms with van der Waals surface area (Å²) >= 11 is 0. The van der Waals surface area contributed by atoms with Crippen LogP contribution in [0.5, 0.6) is 0 Å². The standard InChI is InChI=1S/C13H26N4O/c1-12-2-5-16(6-3-12)7-4-15-13(14)17-8-10-18-11-9-17/h12H,2-11H2,1H3,(H2,14,15). The predicted octanol–water partition coefficient (Wildman–Crippen LogP) is 0.365. The fourth-order valence-electron chi connectivity index (χ4n) is 2.48. The first-order valence-electron chi connectivity index (χ1n) is 7.10. The van der Waals surface area contributed by atoms with Gasteiger partial charge in [0.1, 0.15) is 0 Å². The Hall–Kier alpha value is -0.810. The number of morpholine rings is 1. The first-order chi connectivity index (χ1) is 8.75. The van der Waals surface area contributed by atoms with Gasteiger partial charge in [-0.3, -0.25) is 4.99 Å². The van der Waals surface area contributed by atoms with Crippen molar-refractivity contribution < 1.29 is 4.74 Å². The van der Waals surface area contributed by atoms with E-state index in [9.17, 15) is 0 Å². The summed E-state index contributed by atoms with van der Waals surface area (Å²) in [6.07, 6.45) is 2.64. The summed E-state index contributed by atoms with van der Waals surface area (Å²) in [6.45, 7) is 9.90. The maximum atomic E-state index is 5.99. The van der Waals surface area contributed by atoms with Gasteiger partial charge >= 0.3 is 0 Å². The van der Waals surface area contributed by atoms with Crippen LogP contribution in [0.3, 0.4) is 0 Å². The van der Waals surface area contributed by atoms with Crippen molar-refractivity contribution in [2.75, 3.05) is 52.5 Å². The van der Waals surface area contributed by atoms with Crippen molar-refractivity contribution in [1.29, 1.82) is 0 Å². The Bertz CT molecular complexity index is 268. The van der Waals surface area contributed by atoms with Gasteiger partial charge in [-0.05, 0) is 31.8 Å². The minimum absolute atomic E-state index is 0.684. The lowest BCUT2D eigenvalue weighted by Gasteiger charge is -2.30. The van der Waals surface area contributed by atoms with Crippen LogP contribution in [-0.4, -0.2) is 68.2 Å². The zero-order chi connectivity index (χ0) is 12.8. The summed E-state index contributed by atoms with van der Waals surface area (Å²) in [4.78, 5) is 9.09. The highest BCUT2D eigenvalue weighted by molar-refractivity contribution is 5.78. The SMILES string of the molecule is CC1CCN(CCN=C(N)N2CCOCC2)CC1. The molecule has 2 aliphatic rings. The van der Waals surface area contributed by atoms with Crippen molar-refractivity contribution in [2.45, 2.75) is 19.8 Å². The van der Waals surface area contributed by atoms with Gasteiger partial charge in [0.25, 0.3) is 0 Å². The molecule has 18 heavy (non-hydrogen) atoms. The molecule has 2 aliphatic heterocycles. The van der Waals surface area contributed by atoms with Crippen molar-refractivity contribution in [3.8, 4) is 0 Å². The average Bonchev–Trinajstić information content (AvgIpc) is 2.42. The molecule has 104 valence electrons. The number of nitrogens with zero attached hydrogens (tertiary/aromatic N) is 3. The van der Waals surface area contributed by atoms with Crippen molar-refractivity contribution in [1.82, 2.24) is 9.80 Å². The minimum Gasteiger partial charge on any atom is -0.378 e. The topological polar surface area (TPSA) is 54.1 Å². The van der Waals surface area contributed by atoms with E-state index >= 15 is 0 Å². The van der Waals surface area contributed by atoms with Gasteiger partial charge in [0, 0.05) is 19.6 Å². The van der Waals surface area contributed by atoms with Gasteiger partial charge in [-0.15, -0.1) is 0 Å². The van der Waals surface area contributed by atoms with Crippen molar-refractivity contribution in [3.05, 3.63) is 0 Å². The van der Waals surface area contributed by atoms with E-state index in [1.54, 1.807) is 0 Å². The van der Waals surface area contributed by atoms with Crippen LogP contribution in [0.2, 0.25) is 0 Å². The zero-order valence-electron chi connectivity index (χ0n) is 11.5. The molecule has 5 heteroatoms. The quantitative estimate of drug-likeness (QED) is 0.584. The highest BCUT2D eigenvalue weighted by atomic mass is 16.5. The highest BCUT2D eigenvalue weighted by Crippen LogP contribution is 2.15. The van der Waals surface area contributed by atoms with Crippen LogP contribution in [0.1, 0.15) is 19.8 Å². The third-order valence-corrected chi connectivity index (χ3v) is 3.90. The molecule has 0 aromatic heterocycles. The Morgan fingerprint density at radius 1 is 1.22 bits per heavy atom. The smallest absolute Gasteiger partial charge is 0.191 e. The normalized spacial score (nSPS) is 24.5. The van der Waals surface area contributed by atoms with E-state index < -0.39 is 0 Å². The van der Waals surface area contributed by atoms with Gasteiger partial charge in [0.2, 0.25) is 0 Å². The molecule has 0 unspecified atom stereocenters. The second-order valence-corrected chi connectivity index (χ2v) is 5.36. The number of nitrogens with two attached hydrogens (primary N) is 1. The number of hydrogen-bond donors (Lipinski definition) is 1. The Balaban J connectivity index is 1.66. The number of aliphatic imine (C=N–C) groups is 1. The Labute approximate surface area is 110 Å². The first-order valence-corrected chi connectivity index (χ1v) is 7.10. The van der Waals surface area contributed by atoms with E-state index in [2.05, 4.69) is 21.7 Å². The van der Waals surface area contributed by atoms with Crippen molar-refractivity contribution in [2.24, 2.45) is 16.6 Å². The van der Waals surface area contributed by atoms with Crippen LogP contribution in [0.4, 0.5) is 0 Å². The summed E-state index contributed by atoms with van der Waals surface area (Å²) < 4.78 is 5.30. The van der Waals surface area contributed by atoms with E-state index in [4.69, 9.17) is 10.5 Å². The van der Waals surface area contributed by atoms with Crippen LogP contribution in [0.15, 0.2) is 4.99 Å². The number of likely N-dealkylation sites (tertiary alicyclic amines) is 1. The van der Waals surface area contributed by atoms with Gasteiger partial charge in [-0.2, -0.15) is 0 Å². The molecule has 0 amide bonds. The van der Waals surface area contributed by atoms with E-state index in [0.717, 1.165) is 45.3 Å². The maximum Gasteiger partial charge on any atom is 0.191 e. The molecule has 2 N–H and O–H groups in total. The Morgan fingerprint density at radius 3 is 2.56 bits per heavy atom. The fraction of sp³-hybridized carbons (Fsp3) is 0.923. The van der Waals surface area contributed by atoms with E-state index in [0.29, 0.717) is 5.96 Å². The molecule has 0 spiro atoms. The molecule has 0 aromatic rings. The second kappa shape index (κ2) is 6.95. The molecular weight excluding hydrogens is 228 g/mol. The summed E-state index contributed by atoms with van der Waals surface area (Å²) in [7, 11) is 0. The molecular formula is C13H26N4O. The van der Waals surface area contributed by atoms with E-state index in [-0.39, 0.29) is 0 Å². The van der Waals surface area contributed by atoms with Crippen molar-refractivity contribution in [3.63, 3.8) is 0 Å². The summed E-state index contributed by atoms with van der Waals surface area (Å²) in [5, 5.41) is 0. The Morgan fingerprint density at radius 2 is 1.89 bits per heavy atom. The van der Waals surface area contributed by atoms with Gasteiger partial charge in [0.05, 0.1) is 19.8 Å². The highest BCUT2D eigenvalue weighted by Gasteiger charge is 2.15. The fourth-order valence-corrected chi connectivity index (χ4v) is 2.48. The van der Waals surface area contributed by atoms with Crippen LogP contribution < -0.4 is 5.73 Å². The van der Waals surface area contributed by atoms with Gasteiger partial charge in [-0.1, -0.05) is 6.92 Å². The van der Waals surface area contributed by atoms with E-state index in [1.807, 2.05) is 0 Å². The molecule has 2 saturated heterocycles. The predicted molar refractivity (Wildman–Crippen MR) is 73.7 cm³/mol. The lowest BCUT2D eigenvalue weighted by atomic mass is 9.99. The second-order valence-electron chi connectivity index (χ2n) is 5.36. The molecule has 0 saturated carbocycles. The number of rotatable bonds is 3. The molecule has 0 aromatic carbocycles. The molecule has 2 rings (SSSR count). The molecule has 0 bridgehead atoms. The largest absolute Gasteiger partial charge is 0.378 e. The maximum absolute atomic E-state index is 5.99. The van der Waals surface area contributed by atoms with Gasteiger partial charge < -0.3 is 20.3 Å². The molecule has 0 radical (unpaired) electrons. The number of ether oxygens (including phenoxy) is 1. The minimum atomic E-state index is 0.684. The first kappa shape index (κ1) is 13.6. The summed E-state index contributed by atoms with van der Waals surface area (Å²) in [5.74, 6) is 1.58. The lowest BCUT2D eigenvalue weighted by Crippen LogP contribution is -2.45. The molecule has 0 aliphatic carbocycles. The number of hydrogen-bond acceptors (Lipinski definition) is 3. The monoisotopic (exact) mass is 254 g/mol. The molecule has 2 heterocycles. The molecule has 5 nitrogen and oxygen atoms in total. The number of piperidine rings is 1. The molecule has 2 fully saturated rings. The van der Waals surface area contributed by atoms with Crippen LogP contribution >= 0.6 is 0 Å². The van der Waals surface area contributed by atoms with Gasteiger partial charge in [0.15, 0.2) is 5.96 Å². The van der Waals surface area contributed by atoms with Crippen LogP contribution in [0, 0.1) is 5.92 Å². The van der Waals surface area contributed by atoms with Gasteiger partial charge in [-0.25, -0.2) is 0 Å². The third kappa shape index (κ3) is 4.14. The van der Waals surface area contributed by atoms with Crippen LogP contribution in [-0.2, 0) is 4.74 Å². The van der Waals surface area contributed by atoms with Crippen LogP contribution in [0.25, 0.3) is 0 Å². The average molecular weight is 254 g/mol. The lowest BCUT2D eigenvalue weighted by molar-refractivity contribution is 0.0674. The third-order valence-electron chi connectivity index (χ3n) is 3.90. The summed E-state index contributed by atoms with van der Waals surface area (Å²) in [5.41, 5.74) is 5.99.